The summed E-state index contributed by atoms with van der Waals surface area (Å²) in [5.41, 5.74) is 7.38. The summed E-state index contributed by atoms with van der Waals surface area (Å²) in [6, 6.07) is 3.57. The molecule has 2 fully saturated rings. The van der Waals surface area contributed by atoms with Gasteiger partial charge >= 0.3 is 6.03 Å². The van der Waals surface area contributed by atoms with Crippen LogP contribution in [-0.2, 0) is 0 Å². The first-order valence-corrected chi connectivity index (χ1v) is 8.20. The number of fused-ring (bicyclic) bond motifs is 2. The average molecular weight is 334 g/mol. The molecule has 122 valence electrons. The fraction of sp³-hybridized carbons (Fsp3) is 0.500. The first-order valence-electron chi connectivity index (χ1n) is 7.82. The standard InChI is InChI=1S/C16H20ClN5O/c1-16(2)12-8-21(6-9(12)7-22(16)15(18)23)14-4-10(17)3-13-11(14)5-19-20-13/h3-5,9,12H,6-8H2,1-2H3,(H2,18,23)(H,19,20)/t9-,12-/m0/s1. The molecule has 0 unspecified atom stereocenters. The van der Waals surface area contributed by atoms with E-state index in [-0.39, 0.29) is 11.6 Å². The molecule has 3 N–H and O–H groups in total. The predicted octanol–water partition coefficient (Wildman–Crippen LogP) is 2.44. The van der Waals surface area contributed by atoms with Gasteiger partial charge in [-0.25, -0.2) is 4.79 Å². The molecule has 2 amide bonds. The number of carbonyl (C=O) groups excluding carboxylic acids is 1. The van der Waals surface area contributed by atoms with Gasteiger partial charge in [0.1, 0.15) is 0 Å². The van der Waals surface area contributed by atoms with Gasteiger partial charge in [0, 0.05) is 53.1 Å². The van der Waals surface area contributed by atoms with Gasteiger partial charge in [-0.3, -0.25) is 5.10 Å². The summed E-state index contributed by atoms with van der Waals surface area (Å²) in [5, 5.41) is 8.90. The Morgan fingerprint density at radius 2 is 2.17 bits per heavy atom. The lowest BCUT2D eigenvalue weighted by molar-refractivity contribution is 0.155. The molecule has 0 saturated carbocycles. The van der Waals surface area contributed by atoms with Crippen molar-refractivity contribution in [1.82, 2.24) is 15.1 Å². The third-order valence-electron chi connectivity index (χ3n) is 5.57. The molecule has 1 aromatic heterocycles. The normalized spacial score (nSPS) is 26.0. The molecule has 0 aliphatic carbocycles. The highest BCUT2D eigenvalue weighted by atomic mass is 35.5. The number of carbonyl (C=O) groups is 1. The summed E-state index contributed by atoms with van der Waals surface area (Å²) in [6.07, 6.45) is 1.84. The van der Waals surface area contributed by atoms with Crippen molar-refractivity contribution in [1.29, 1.82) is 0 Å². The van der Waals surface area contributed by atoms with E-state index < -0.39 is 0 Å². The number of anilines is 1. The number of H-pyrrole nitrogens is 1. The molecule has 2 aliphatic rings. The van der Waals surface area contributed by atoms with Crippen LogP contribution in [0.15, 0.2) is 18.3 Å². The van der Waals surface area contributed by atoms with Crippen LogP contribution in [0.25, 0.3) is 10.9 Å². The maximum Gasteiger partial charge on any atom is 0.315 e. The minimum absolute atomic E-state index is 0.223. The van der Waals surface area contributed by atoms with Crippen LogP contribution in [0.1, 0.15) is 13.8 Å². The lowest BCUT2D eigenvalue weighted by atomic mass is 9.85. The summed E-state index contributed by atoms with van der Waals surface area (Å²) in [4.78, 5) is 15.9. The monoisotopic (exact) mass is 333 g/mol. The Morgan fingerprint density at radius 3 is 2.87 bits per heavy atom. The molecular weight excluding hydrogens is 314 g/mol. The van der Waals surface area contributed by atoms with E-state index in [4.69, 9.17) is 17.3 Å². The van der Waals surface area contributed by atoms with Crippen LogP contribution >= 0.6 is 11.6 Å². The largest absolute Gasteiger partial charge is 0.370 e. The minimum atomic E-state index is -0.323. The highest BCUT2D eigenvalue weighted by molar-refractivity contribution is 6.31. The molecule has 6 nitrogen and oxygen atoms in total. The quantitative estimate of drug-likeness (QED) is 0.841. The van der Waals surface area contributed by atoms with Crippen LogP contribution in [-0.4, -0.2) is 46.3 Å². The summed E-state index contributed by atoms with van der Waals surface area (Å²) >= 11 is 6.26. The zero-order valence-corrected chi connectivity index (χ0v) is 14.0. The second-order valence-corrected chi connectivity index (χ2v) is 7.57. The second kappa shape index (κ2) is 4.77. The van der Waals surface area contributed by atoms with Gasteiger partial charge in [0.2, 0.25) is 0 Å². The van der Waals surface area contributed by atoms with Gasteiger partial charge in [-0.1, -0.05) is 11.6 Å². The van der Waals surface area contributed by atoms with Crippen molar-refractivity contribution in [2.45, 2.75) is 19.4 Å². The van der Waals surface area contributed by atoms with E-state index in [1.165, 1.54) is 0 Å². The van der Waals surface area contributed by atoms with E-state index in [0.29, 0.717) is 16.9 Å². The average Bonchev–Trinajstić information content (AvgIpc) is 3.13. The number of hydrogen-bond donors (Lipinski definition) is 2. The Kier molecular flexibility index (Phi) is 3.04. The maximum atomic E-state index is 11.7. The third kappa shape index (κ3) is 2.08. The van der Waals surface area contributed by atoms with Crippen LogP contribution in [0, 0.1) is 11.8 Å². The van der Waals surface area contributed by atoms with Crippen LogP contribution in [0.5, 0.6) is 0 Å². The number of likely N-dealkylation sites (tertiary alicyclic amines) is 1. The molecule has 3 heterocycles. The van der Waals surface area contributed by atoms with E-state index in [9.17, 15) is 4.79 Å². The van der Waals surface area contributed by atoms with Gasteiger partial charge < -0.3 is 15.5 Å². The van der Waals surface area contributed by atoms with Gasteiger partial charge in [0.05, 0.1) is 11.7 Å². The molecule has 4 rings (SSSR count). The number of amides is 2. The van der Waals surface area contributed by atoms with Crippen molar-refractivity contribution >= 4 is 34.2 Å². The molecule has 0 radical (unpaired) electrons. The third-order valence-corrected chi connectivity index (χ3v) is 5.79. The fourth-order valence-corrected chi connectivity index (χ4v) is 4.57. The van der Waals surface area contributed by atoms with Crippen molar-refractivity contribution in [3.05, 3.63) is 23.4 Å². The van der Waals surface area contributed by atoms with Gasteiger partial charge in [0.15, 0.2) is 0 Å². The van der Waals surface area contributed by atoms with Crippen LogP contribution < -0.4 is 10.6 Å². The van der Waals surface area contributed by atoms with E-state index in [0.717, 1.165) is 36.2 Å². The maximum absolute atomic E-state index is 11.7. The molecule has 0 spiro atoms. The van der Waals surface area contributed by atoms with E-state index >= 15 is 0 Å². The number of primary amides is 1. The van der Waals surface area contributed by atoms with E-state index in [1.807, 2.05) is 23.2 Å². The number of halogens is 1. The number of aromatic amines is 1. The Bertz CT molecular complexity index is 786. The number of nitrogens with two attached hydrogens (primary N) is 1. The van der Waals surface area contributed by atoms with Crippen molar-refractivity contribution in [2.24, 2.45) is 17.6 Å². The molecular formula is C16H20ClN5O. The predicted molar refractivity (Wildman–Crippen MR) is 90.7 cm³/mol. The van der Waals surface area contributed by atoms with Crippen LogP contribution in [0.2, 0.25) is 5.02 Å². The Labute approximate surface area is 139 Å². The lowest BCUT2D eigenvalue weighted by Gasteiger charge is -2.35. The SMILES string of the molecule is CC1(C)[C@H]2CN(c3cc(Cl)cc4[nH]ncc34)C[C@H]2CN1C(N)=O. The first kappa shape index (κ1) is 14.6. The minimum Gasteiger partial charge on any atom is -0.370 e. The Morgan fingerprint density at radius 1 is 1.39 bits per heavy atom. The zero-order chi connectivity index (χ0) is 16.4. The number of rotatable bonds is 1. The van der Waals surface area contributed by atoms with Crippen LogP contribution in [0.3, 0.4) is 0 Å². The molecule has 2 atom stereocenters. The van der Waals surface area contributed by atoms with Gasteiger partial charge in [-0.2, -0.15) is 5.10 Å². The fourth-order valence-electron chi connectivity index (χ4n) is 4.36. The van der Waals surface area contributed by atoms with Crippen molar-refractivity contribution < 1.29 is 4.79 Å². The molecule has 2 saturated heterocycles. The van der Waals surface area contributed by atoms with Gasteiger partial charge in [0.25, 0.3) is 0 Å². The van der Waals surface area contributed by atoms with Crippen molar-refractivity contribution in [2.75, 3.05) is 24.5 Å². The molecule has 2 aliphatic heterocycles. The number of nitrogens with one attached hydrogen (secondary N) is 1. The lowest BCUT2D eigenvalue weighted by Crippen LogP contribution is -2.50. The summed E-state index contributed by atoms with van der Waals surface area (Å²) in [7, 11) is 0. The first-order chi connectivity index (χ1) is 10.9. The second-order valence-electron chi connectivity index (χ2n) is 7.13. The number of hydrogen-bond acceptors (Lipinski definition) is 3. The zero-order valence-electron chi connectivity index (χ0n) is 13.2. The molecule has 2 aromatic rings. The number of aromatic nitrogens is 2. The Balaban J connectivity index is 1.67. The highest BCUT2D eigenvalue weighted by Crippen LogP contribution is 2.45. The molecule has 7 heteroatoms. The van der Waals surface area contributed by atoms with Gasteiger partial charge in [-0.15, -0.1) is 0 Å². The van der Waals surface area contributed by atoms with Crippen molar-refractivity contribution in [3.63, 3.8) is 0 Å². The number of benzene rings is 1. The number of nitrogens with zero attached hydrogens (tertiary/aromatic N) is 3. The topological polar surface area (TPSA) is 78.2 Å². The summed E-state index contributed by atoms with van der Waals surface area (Å²) in [5.74, 6) is 0.828. The van der Waals surface area contributed by atoms with E-state index in [2.05, 4.69) is 28.9 Å². The summed E-state index contributed by atoms with van der Waals surface area (Å²) < 4.78 is 0. The van der Waals surface area contributed by atoms with E-state index in [1.54, 1.807) is 0 Å². The Hall–Kier alpha value is -1.95. The number of urea groups is 1. The summed E-state index contributed by atoms with van der Waals surface area (Å²) in [6.45, 7) is 6.73. The molecule has 0 bridgehead atoms. The van der Waals surface area contributed by atoms with Gasteiger partial charge in [-0.05, 0) is 26.0 Å². The highest BCUT2D eigenvalue weighted by Gasteiger charge is 2.53. The molecule has 1 aromatic carbocycles. The molecule has 23 heavy (non-hydrogen) atoms. The van der Waals surface area contributed by atoms with Crippen molar-refractivity contribution in [3.8, 4) is 0 Å². The smallest absolute Gasteiger partial charge is 0.315 e. The van der Waals surface area contributed by atoms with Crippen LogP contribution in [0.4, 0.5) is 10.5 Å².